The van der Waals surface area contributed by atoms with E-state index in [2.05, 4.69) is 78.0 Å². The summed E-state index contributed by atoms with van der Waals surface area (Å²) in [7, 11) is 0. The number of nitrogens with zero attached hydrogens (tertiary/aromatic N) is 3. The maximum absolute atomic E-state index is 5.01. The Bertz CT molecular complexity index is 659. The second kappa shape index (κ2) is 4.56. The zero-order chi connectivity index (χ0) is 16.2. The predicted molar refractivity (Wildman–Crippen MR) is 89.1 cm³/mol. The fourth-order valence-corrected chi connectivity index (χ4v) is 2.63. The van der Waals surface area contributed by atoms with Crippen LogP contribution in [0.3, 0.4) is 0 Å². The number of aromatic nitrogens is 3. The van der Waals surface area contributed by atoms with E-state index in [0.29, 0.717) is 0 Å². The largest absolute Gasteiger partial charge is 0.235 e. The van der Waals surface area contributed by atoms with Gasteiger partial charge in [0.25, 0.3) is 0 Å². The van der Waals surface area contributed by atoms with Crippen LogP contribution in [0.1, 0.15) is 79.4 Å². The summed E-state index contributed by atoms with van der Waals surface area (Å²) in [5.74, 6) is 1.04. The van der Waals surface area contributed by atoms with E-state index in [1.54, 1.807) is 0 Å². The molecular weight excluding hydrogens is 258 g/mol. The van der Waals surface area contributed by atoms with Crippen LogP contribution in [0, 0.1) is 0 Å². The van der Waals surface area contributed by atoms with Crippen LogP contribution in [0.2, 0.25) is 0 Å². The molecule has 21 heavy (non-hydrogen) atoms. The Labute approximate surface area is 128 Å². The van der Waals surface area contributed by atoms with Crippen LogP contribution in [0.4, 0.5) is 0 Å². The first-order chi connectivity index (χ1) is 9.33. The summed E-state index contributed by atoms with van der Waals surface area (Å²) in [4.78, 5) is 5.01. The van der Waals surface area contributed by atoms with Crippen LogP contribution in [0.5, 0.6) is 0 Å². The SMILES string of the molecule is CC(C)(C)c1ccnn2c(C(C)(C)C)nc(C(C)(C)C)c12. The Hall–Kier alpha value is -1.38. The molecular formula is C18H29N3. The molecule has 2 aromatic heterocycles. The molecule has 0 bridgehead atoms. The lowest BCUT2D eigenvalue weighted by Crippen LogP contribution is -2.19. The van der Waals surface area contributed by atoms with Crippen LogP contribution in [-0.2, 0) is 16.2 Å². The van der Waals surface area contributed by atoms with Gasteiger partial charge in [-0.15, -0.1) is 0 Å². The Kier molecular flexibility index (Phi) is 3.47. The maximum Gasteiger partial charge on any atom is 0.136 e. The highest BCUT2D eigenvalue weighted by Gasteiger charge is 2.31. The summed E-state index contributed by atoms with van der Waals surface area (Å²) in [6.07, 6.45) is 1.90. The third-order valence-corrected chi connectivity index (χ3v) is 3.72. The van der Waals surface area contributed by atoms with Crippen molar-refractivity contribution in [3.05, 3.63) is 29.3 Å². The monoisotopic (exact) mass is 287 g/mol. The van der Waals surface area contributed by atoms with Crippen LogP contribution >= 0.6 is 0 Å². The molecule has 0 aliphatic heterocycles. The van der Waals surface area contributed by atoms with E-state index >= 15 is 0 Å². The topological polar surface area (TPSA) is 30.2 Å². The van der Waals surface area contributed by atoms with Gasteiger partial charge in [-0.2, -0.15) is 5.10 Å². The molecule has 0 saturated heterocycles. The fraction of sp³-hybridized carbons (Fsp3) is 0.667. The minimum atomic E-state index is -0.0318. The van der Waals surface area contributed by atoms with Gasteiger partial charge in [0.2, 0.25) is 0 Å². The molecule has 0 N–H and O–H groups in total. The number of rotatable bonds is 0. The van der Waals surface area contributed by atoms with E-state index < -0.39 is 0 Å². The first kappa shape index (κ1) is 16.0. The van der Waals surface area contributed by atoms with Crippen LogP contribution in [0.15, 0.2) is 12.3 Å². The molecule has 0 saturated carbocycles. The van der Waals surface area contributed by atoms with Crippen molar-refractivity contribution < 1.29 is 0 Å². The lowest BCUT2D eigenvalue weighted by molar-refractivity contribution is 0.519. The van der Waals surface area contributed by atoms with Gasteiger partial charge in [-0.1, -0.05) is 62.3 Å². The van der Waals surface area contributed by atoms with Gasteiger partial charge in [0, 0.05) is 17.0 Å². The summed E-state index contributed by atoms with van der Waals surface area (Å²) >= 11 is 0. The number of imidazole rings is 1. The summed E-state index contributed by atoms with van der Waals surface area (Å²) in [6.45, 7) is 20.0. The zero-order valence-electron chi connectivity index (χ0n) is 15.0. The lowest BCUT2D eigenvalue weighted by Gasteiger charge is -2.23. The Morgan fingerprint density at radius 3 is 1.81 bits per heavy atom. The normalized spacial score (nSPS) is 14.0. The van der Waals surface area contributed by atoms with Gasteiger partial charge in [-0.3, -0.25) is 0 Å². The van der Waals surface area contributed by atoms with Crippen molar-refractivity contribution in [1.82, 2.24) is 14.6 Å². The molecule has 0 spiro atoms. The highest BCUT2D eigenvalue weighted by atomic mass is 15.3. The second-order valence-corrected chi connectivity index (χ2v) is 9.04. The first-order valence-corrected chi connectivity index (χ1v) is 7.72. The van der Waals surface area contributed by atoms with Gasteiger partial charge < -0.3 is 0 Å². The van der Waals surface area contributed by atoms with Crippen molar-refractivity contribution in [3.8, 4) is 0 Å². The van der Waals surface area contributed by atoms with Gasteiger partial charge in [-0.05, 0) is 17.0 Å². The molecule has 2 heterocycles. The molecule has 0 aromatic carbocycles. The van der Waals surface area contributed by atoms with Crippen LogP contribution in [-0.4, -0.2) is 14.6 Å². The average Bonchev–Trinajstić information content (AvgIpc) is 2.65. The van der Waals surface area contributed by atoms with E-state index in [1.165, 1.54) is 11.1 Å². The molecule has 0 fully saturated rings. The van der Waals surface area contributed by atoms with Crippen molar-refractivity contribution >= 4 is 5.52 Å². The van der Waals surface area contributed by atoms with Crippen molar-refractivity contribution in [2.75, 3.05) is 0 Å². The molecule has 2 aromatic rings. The lowest BCUT2D eigenvalue weighted by atomic mass is 9.83. The quantitative estimate of drug-likeness (QED) is 0.707. The third kappa shape index (κ3) is 2.83. The number of fused-ring (bicyclic) bond motifs is 1. The molecule has 0 amide bonds. The van der Waals surface area contributed by atoms with Gasteiger partial charge in [0.1, 0.15) is 5.82 Å². The minimum Gasteiger partial charge on any atom is -0.235 e. The molecule has 0 aliphatic rings. The van der Waals surface area contributed by atoms with E-state index in [-0.39, 0.29) is 16.2 Å². The fourth-order valence-electron chi connectivity index (χ4n) is 2.63. The van der Waals surface area contributed by atoms with Gasteiger partial charge in [0.15, 0.2) is 0 Å². The standard InChI is InChI=1S/C18H29N3/c1-16(2,3)12-10-11-19-21-13(12)14(17(4,5)6)20-15(21)18(7,8)9/h10-11H,1-9H3. The first-order valence-electron chi connectivity index (χ1n) is 7.72. The van der Waals surface area contributed by atoms with Gasteiger partial charge >= 0.3 is 0 Å². The summed E-state index contributed by atoms with van der Waals surface area (Å²) < 4.78 is 2.06. The molecule has 0 radical (unpaired) electrons. The van der Waals surface area contributed by atoms with Gasteiger partial charge in [0.05, 0.1) is 11.2 Å². The Morgan fingerprint density at radius 1 is 0.810 bits per heavy atom. The highest BCUT2D eigenvalue weighted by Crippen LogP contribution is 2.36. The number of hydrogen-bond acceptors (Lipinski definition) is 2. The molecule has 116 valence electrons. The molecule has 0 aliphatic carbocycles. The average molecular weight is 287 g/mol. The summed E-state index contributed by atoms with van der Waals surface area (Å²) in [6, 6.07) is 2.14. The van der Waals surface area contributed by atoms with Crippen molar-refractivity contribution in [1.29, 1.82) is 0 Å². The molecule has 0 unspecified atom stereocenters. The van der Waals surface area contributed by atoms with Crippen LogP contribution in [0.25, 0.3) is 5.52 Å². The smallest absolute Gasteiger partial charge is 0.136 e. The highest BCUT2D eigenvalue weighted by molar-refractivity contribution is 5.63. The molecule has 3 heteroatoms. The van der Waals surface area contributed by atoms with Gasteiger partial charge in [-0.25, -0.2) is 9.50 Å². The van der Waals surface area contributed by atoms with E-state index in [9.17, 15) is 0 Å². The molecule has 2 rings (SSSR count). The van der Waals surface area contributed by atoms with Crippen molar-refractivity contribution in [2.24, 2.45) is 0 Å². The molecule has 3 nitrogen and oxygen atoms in total. The van der Waals surface area contributed by atoms with Crippen LogP contribution < -0.4 is 0 Å². The van der Waals surface area contributed by atoms with Crippen molar-refractivity contribution in [2.45, 2.75) is 78.6 Å². The predicted octanol–water partition coefficient (Wildman–Crippen LogP) is 4.62. The second-order valence-electron chi connectivity index (χ2n) is 9.04. The maximum atomic E-state index is 5.01. The Morgan fingerprint density at radius 2 is 1.38 bits per heavy atom. The van der Waals surface area contributed by atoms with E-state index in [1.807, 2.05) is 6.20 Å². The zero-order valence-corrected chi connectivity index (χ0v) is 15.0. The Balaban J connectivity index is 2.97. The van der Waals surface area contributed by atoms with E-state index in [0.717, 1.165) is 11.5 Å². The third-order valence-electron chi connectivity index (χ3n) is 3.72. The van der Waals surface area contributed by atoms with E-state index in [4.69, 9.17) is 4.98 Å². The number of hydrogen-bond donors (Lipinski definition) is 0. The molecule has 0 atom stereocenters. The summed E-state index contributed by atoms with van der Waals surface area (Å²) in [5, 5.41) is 4.61. The van der Waals surface area contributed by atoms with Crippen molar-refractivity contribution in [3.63, 3.8) is 0 Å². The summed E-state index contributed by atoms with van der Waals surface area (Å²) in [5.41, 5.74) is 3.67. The minimum absolute atomic E-state index is 0.00220.